The van der Waals surface area contributed by atoms with Crippen LogP contribution in [0.1, 0.15) is 19.4 Å². The van der Waals surface area contributed by atoms with E-state index in [1.54, 1.807) is 38.1 Å². The Labute approximate surface area is 128 Å². The summed E-state index contributed by atoms with van der Waals surface area (Å²) in [5.74, 6) is -0.410. The molecule has 0 aliphatic heterocycles. The average molecular weight is 363 g/mol. The summed E-state index contributed by atoms with van der Waals surface area (Å²) in [6.07, 6.45) is 0. The second kappa shape index (κ2) is 6.69. The number of sulfone groups is 1. The summed E-state index contributed by atoms with van der Waals surface area (Å²) in [6, 6.07) is 7.11. The van der Waals surface area contributed by atoms with Crippen LogP contribution in [0, 0.1) is 0 Å². The molecule has 1 amide bonds. The summed E-state index contributed by atoms with van der Waals surface area (Å²) >= 11 is 3.31. The highest BCUT2D eigenvalue weighted by Crippen LogP contribution is 2.20. The van der Waals surface area contributed by atoms with Gasteiger partial charge in [0.1, 0.15) is 5.54 Å². The van der Waals surface area contributed by atoms with Gasteiger partial charge in [0.25, 0.3) is 0 Å². The second-order valence-corrected chi connectivity index (χ2v) is 8.09. The van der Waals surface area contributed by atoms with Crippen LogP contribution in [0.4, 0.5) is 0 Å². The lowest BCUT2D eigenvalue weighted by Gasteiger charge is -2.24. The van der Waals surface area contributed by atoms with Gasteiger partial charge in [0.15, 0.2) is 9.84 Å². The molecule has 0 heterocycles. The zero-order valence-corrected chi connectivity index (χ0v) is 13.9. The standard InChI is InChI=1S/C13H19BrN2O3S/c1-3-20(18,19)9-8-16-12(17)13(2,15)10-4-6-11(14)7-5-10/h4-7H,3,8-9,15H2,1-2H3,(H,16,17). The molecule has 3 N–H and O–H groups in total. The Morgan fingerprint density at radius 1 is 1.35 bits per heavy atom. The topological polar surface area (TPSA) is 89.3 Å². The van der Waals surface area contributed by atoms with Crippen LogP contribution in [-0.4, -0.2) is 32.4 Å². The van der Waals surface area contributed by atoms with E-state index in [9.17, 15) is 13.2 Å². The third-order valence-corrected chi connectivity index (χ3v) is 5.29. The highest BCUT2D eigenvalue weighted by molar-refractivity contribution is 9.10. The molecule has 112 valence electrons. The fourth-order valence-corrected chi connectivity index (χ4v) is 2.54. The Hall–Kier alpha value is -0.920. The zero-order chi connectivity index (χ0) is 15.4. The van der Waals surface area contributed by atoms with Crippen molar-refractivity contribution in [3.63, 3.8) is 0 Å². The summed E-state index contributed by atoms with van der Waals surface area (Å²) in [6.45, 7) is 3.24. The molecule has 20 heavy (non-hydrogen) atoms. The Balaban J connectivity index is 2.68. The maximum atomic E-state index is 12.1. The van der Waals surface area contributed by atoms with E-state index in [-0.39, 0.29) is 18.1 Å². The number of halogens is 1. The third kappa shape index (κ3) is 4.57. The lowest BCUT2D eigenvalue weighted by atomic mass is 9.92. The highest BCUT2D eigenvalue weighted by atomic mass is 79.9. The SMILES string of the molecule is CCS(=O)(=O)CCNC(=O)C(C)(N)c1ccc(Br)cc1. The van der Waals surface area contributed by atoms with Crippen molar-refractivity contribution < 1.29 is 13.2 Å². The first-order chi connectivity index (χ1) is 9.19. The van der Waals surface area contributed by atoms with Gasteiger partial charge in [-0.2, -0.15) is 0 Å². The molecule has 7 heteroatoms. The molecule has 1 unspecified atom stereocenters. The minimum Gasteiger partial charge on any atom is -0.353 e. The number of carbonyl (C=O) groups excluding carboxylic acids is 1. The average Bonchev–Trinajstić information content (AvgIpc) is 2.39. The van der Waals surface area contributed by atoms with Gasteiger partial charge >= 0.3 is 0 Å². The van der Waals surface area contributed by atoms with Crippen molar-refractivity contribution in [1.29, 1.82) is 0 Å². The molecule has 1 atom stereocenters. The Morgan fingerprint density at radius 2 is 1.90 bits per heavy atom. The van der Waals surface area contributed by atoms with Crippen LogP contribution in [0.5, 0.6) is 0 Å². The summed E-state index contributed by atoms with van der Waals surface area (Å²) in [5, 5.41) is 2.57. The smallest absolute Gasteiger partial charge is 0.244 e. The Bertz CT molecular complexity index is 568. The molecule has 0 saturated carbocycles. The molecule has 1 rings (SSSR count). The van der Waals surface area contributed by atoms with E-state index in [0.717, 1.165) is 4.47 Å². The number of amides is 1. The minimum absolute atomic E-state index is 0.0650. The van der Waals surface area contributed by atoms with Crippen LogP contribution >= 0.6 is 15.9 Å². The van der Waals surface area contributed by atoms with Crippen molar-refractivity contribution in [2.75, 3.05) is 18.1 Å². The normalized spacial score (nSPS) is 14.6. The van der Waals surface area contributed by atoms with Gasteiger partial charge in [0.05, 0.1) is 5.75 Å². The fourth-order valence-electron chi connectivity index (χ4n) is 1.58. The lowest BCUT2D eigenvalue weighted by molar-refractivity contribution is -0.125. The van der Waals surface area contributed by atoms with E-state index in [1.807, 2.05) is 0 Å². The quantitative estimate of drug-likeness (QED) is 0.794. The van der Waals surface area contributed by atoms with Crippen molar-refractivity contribution in [3.8, 4) is 0 Å². The first-order valence-electron chi connectivity index (χ1n) is 6.22. The van der Waals surface area contributed by atoms with Crippen molar-refractivity contribution in [3.05, 3.63) is 34.3 Å². The Morgan fingerprint density at radius 3 is 2.40 bits per heavy atom. The molecule has 0 aromatic heterocycles. The summed E-state index contributed by atoms with van der Waals surface area (Å²) < 4.78 is 23.6. The highest BCUT2D eigenvalue weighted by Gasteiger charge is 2.30. The molecule has 0 spiro atoms. The van der Waals surface area contributed by atoms with E-state index >= 15 is 0 Å². The van der Waals surface area contributed by atoms with Gasteiger partial charge in [0, 0.05) is 16.8 Å². The number of nitrogens with one attached hydrogen (secondary N) is 1. The predicted molar refractivity (Wildman–Crippen MR) is 83.0 cm³/mol. The molecule has 0 aliphatic rings. The first-order valence-corrected chi connectivity index (χ1v) is 8.84. The molecule has 0 fully saturated rings. The fraction of sp³-hybridized carbons (Fsp3) is 0.462. The summed E-state index contributed by atoms with van der Waals surface area (Å²) in [4.78, 5) is 12.1. The summed E-state index contributed by atoms with van der Waals surface area (Å²) in [5.41, 5.74) is 5.50. The van der Waals surface area contributed by atoms with Gasteiger partial charge in [-0.3, -0.25) is 4.79 Å². The molecular formula is C13H19BrN2O3S. The van der Waals surface area contributed by atoms with Crippen molar-refractivity contribution in [2.24, 2.45) is 5.73 Å². The largest absolute Gasteiger partial charge is 0.353 e. The van der Waals surface area contributed by atoms with Crippen LogP contribution in [0.2, 0.25) is 0 Å². The lowest BCUT2D eigenvalue weighted by Crippen LogP contribution is -2.49. The molecule has 0 saturated heterocycles. The molecule has 1 aromatic carbocycles. The number of carbonyl (C=O) groups is 1. The van der Waals surface area contributed by atoms with E-state index in [0.29, 0.717) is 5.56 Å². The van der Waals surface area contributed by atoms with Crippen molar-refractivity contribution >= 4 is 31.7 Å². The maximum Gasteiger partial charge on any atom is 0.244 e. The van der Waals surface area contributed by atoms with Crippen LogP contribution < -0.4 is 11.1 Å². The number of hydrogen-bond acceptors (Lipinski definition) is 4. The molecule has 5 nitrogen and oxygen atoms in total. The van der Waals surface area contributed by atoms with E-state index in [2.05, 4.69) is 21.2 Å². The second-order valence-electron chi connectivity index (χ2n) is 4.70. The van der Waals surface area contributed by atoms with Gasteiger partial charge in [0.2, 0.25) is 5.91 Å². The van der Waals surface area contributed by atoms with E-state index in [1.165, 1.54) is 0 Å². The number of benzene rings is 1. The van der Waals surface area contributed by atoms with Gasteiger partial charge < -0.3 is 11.1 Å². The first kappa shape index (κ1) is 17.1. The molecular weight excluding hydrogens is 344 g/mol. The van der Waals surface area contributed by atoms with Crippen molar-refractivity contribution in [2.45, 2.75) is 19.4 Å². The van der Waals surface area contributed by atoms with Gasteiger partial charge in [-0.25, -0.2) is 8.42 Å². The van der Waals surface area contributed by atoms with Crippen LogP contribution in [0.3, 0.4) is 0 Å². The zero-order valence-electron chi connectivity index (χ0n) is 11.5. The van der Waals surface area contributed by atoms with Gasteiger partial charge in [-0.15, -0.1) is 0 Å². The maximum absolute atomic E-state index is 12.1. The molecule has 0 aliphatic carbocycles. The predicted octanol–water partition coefficient (Wildman–Crippen LogP) is 1.17. The van der Waals surface area contributed by atoms with Crippen molar-refractivity contribution in [1.82, 2.24) is 5.32 Å². The van der Waals surface area contributed by atoms with Gasteiger partial charge in [-0.05, 0) is 24.6 Å². The molecule has 0 bridgehead atoms. The third-order valence-electron chi connectivity index (χ3n) is 3.05. The van der Waals surface area contributed by atoms with E-state index in [4.69, 9.17) is 5.73 Å². The van der Waals surface area contributed by atoms with Crippen LogP contribution in [-0.2, 0) is 20.2 Å². The minimum atomic E-state index is -3.09. The number of rotatable bonds is 6. The molecule has 1 aromatic rings. The summed E-state index contributed by atoms with van der Waals surface area (Å²) in [7, 11) is -3.09. The Kier molecular flexibility index (Phi) is 5.73. The molecule has 0 radical (unpaired) electrons. The monoisotopic (exact) mass is 362 g/mol. The van der Waals surface area contributed by atoms with Crippen LogP contribution in [0.25, 0.3) is 0 Å². The number of nitrogens with two attached hydrogens (primary N) is 1. The van der Waals surface area contributed by atoms with E-state index < -0.39 is 21.3 Å². The van der Waals surface area contributed by atoms with Gasteiger partial charge in [-0.1, -0.05) is 35.0 Å². The van der Waals surface area contributed by atoms with Crippen LogP contribution in [0.15, 0.2) is 28.7 Å². The number of hydrogen-bond donors (Lipinski definition) is 2.